The summed E-state index contributed by atoms with van der Waals surface area (Å²) in [5, 5.41) is 4.06. The van der Waals surface area contributed by atoms with Crippen LogP contribution in [0.4, 0.5) is 0 Å². The zero-order chi connectivity index (χ0) is 7.49. The van der Waals surface area contributed by atoms with Gasteiger partial charge in [0.05, 0.1) is 0 Å². The van der Waals surface area contributed by atoms with Crippen molar-refractivity contribution in [3.05, 3.63) is 0 Å². The lowest BCUT2D eigenvalue weighted by atomic mass is 10.1. The zero-order valence-corrected chi connectivity index (χ0v) is 6.95. The van der Waals surface area contributed by atoms with E-state index < -0.39 is 0 Å². The lowest BCUT2D eigenvalue weighted by Gasteiger charge is -2.17. The topological polar surface area (TPSA) is 24.4 Å². The van der Waals surface area contributed by atoms with E-state index >= 15 is 0 Å². The third kappa shape index (κ3) is 7.47. The summed E-state index contributed by atoms with van der Waals surface area (Å²) in [6.07, 6.45) is 0. The Morgan fingerprint density at radius 1 is 1.22 bits per heavy atom. The second-order valence-corrected chi connectivity index (χ2v) is 3.42. The maximum atomic E-state index is 4.06. The molecule has 0 aliphatic rings. The molecule has 0 unspecified atom stereocenters. The summed E-state index contributed by atoms with van der Waals surface area (Å²) in [5.74, 6) is 0. The Balaban J connectivity index is 3.64. The molecule has 0 atom stereocenters. The van der Waals surface area contributed by atoms with Gasteiger partial charge >= 0.3 is 0 Å². The maximum absolute atomic E-state index is 4.06. The monoisotopic (exact) mass is 128 g/mol. The molecule has 0 aromatic heterocycles. The van der Waals surface area contributed by atoms with Crippen molar-refractivity contribution in [2.24, 2.45) is 5.10 Å². The van der Waals surface area contributed by atoms with Gasteiger partial charge in [0, 0.05) is 11.3 Å². The predicted molar refractivity (Wildman–Crippen MR) is 41.7 cm³/mol. The SMILES string of the molecule is CC(C)=NNC(C)(C)C. The van der Waals surface area contributed by atoms with Crippen LogP contribution in [-0.4, -0.2) is 11.3 Å². The van der Waals surface area contributed by atoms with Gasteiger partial charge in [0.2, 0.25) is 0 Å². The molecule has 1 N–H and O–H groups in total. The Morgan fingerprint density at radius 2 is 1.67 bits per heavy atom. The summed E-state index contributed by atoms with van der Waals surface area (Å²) >= 11 is 0. The second-order valence-electron chi connectivity index (χ2n) is 3.42. The highest BCUT2D eigenvalue weighted by Crippen LogP contribution is 1.97. The number of nitrogens with one attached hydrogen (secondary N) is 1. The molecule has 0 aromatic rings. The average molecular weight is 128 g/mol. The summed E-state index contributed by atoms with van der Waals surface area (Å²) in [7, 11) is 0. The smallest absolute Gasteiger partial charge is 0.0464 e. The molecule has 2 nitrogen and oxygen atoms in total. The molecule has 0 saturated carbocycles. The summed E-state index contributed by atoms with van der Waals surface area (Å²) < 4.78 is 0. The van der Waals surface area contributed by atoms with Crippen LogP contribution in [0.1, 0.15) is 34.6 Å². The van der Waals surface area contributed by atoms with Gasteiger partial charge in [0.1, 0.15) is 0 Å². The molecule has 0 rings (SSSR count). The van der Waals surface area contributed by atoms with E-state index in [0.717, 1.165) is 5.71 Å². The van der Waals surface area contributed by atoms with Crippen molar-refractivity contribution in [1.29, 1.82) is 0 Å². The van der Waals surface area contributed by atoms with Gasteiger partial charge in [-0.05, 0) is 34.6 Å². The fourth-order valence-corrected chi connectivity index (χ4v) is 0.280. The van der Waals surface area contributed by atoms with Crippen LogP contribution < -0.4 is 5.43 Å². The van der Waals surface area contributed by atoms with E-state index in [4.69, 9.17) is 0 Å². The van der Waals surface area contributed by atoms with Crippen molar-refractivity contribution in [3.63, 3.8) is 0 Å². The Bertz CT molecular complexity index is 105. The second kappa shape index (κ2) is 2.85. The minimum absolute atomic E-state index is 0.0945. The van der Waals surface area contributed by atoms with Gasteiger partial charge in [-0.25, -0.2) is 0 Å². The lowest BCUT2D eigenvalue weighted by Crippen LogP contribution is -2.31. The molecule has 0 aliphatic heterocycles. The van der Waals surface area contributed by atoms with E-state index in [1.807, 2.05) is 13.8 Å². The summed E-state index contributed by atoms with van der Waals surface area (Å²) in [6.45, 7) is 10.2. The van der Waals surface area contributed by atoms with Crippen molar-refractivity contribution in [3.8, 4) is 0 Å². The van der Waals surface area contributed by atoms with Crippen molar-refractivity contribution in [2.75, 3.05) is 0 Å². The Morgan fingerprint density at radius 3 is 1.78 bits per heavy atom. The molecule has 0 amide bonds. The highest BCUT2D eigenvalue weighted by molar-refractivity contribution is 5.78. The number of hydrogen-bond donors (Lipinski definition) is 1. The molecule has 0 heterocycles. The van der Waals surface area contributed by atoms with Crippen molar-refractivity contribution in [2.45, 2.75) is 40.2 Å². The molecule has 54 valence electrons. The third-order valence-electron chi connectivity index (χ3n) is 0.615. The van der Waals surface area contributed by atoms with Crippen LogP contribution in [0, 0.1) is 0 Å². The molecule has 0 aliphatic carbocycles. The summed E-state index contributed by atoms with van der Waals surface area (Å²) in [4.78, 5) is 0. The van der Waals surface area contributed by atoms with Gasteiger partial charge in [0.25, 0.3) is 0 Å². The predicted octanol–water partition coefficient (Wildman–Crippen LogP) is 1.77. The van der Waals surface area contributed by atoms with E-state index in [2.05, 4.69) is 31.3 Å². The minimum Gasteiger partial charge on any atom is -0.305 e. The Kier molecular flexibility index (Phi) is 2.68. The van der Waals surface area contributed by atoms with Gasteiger partial charge in [-0.3, -0.25) is 0 Å². The van der Waals surface area contributed by atoms with E-state index in [0.29, 0.717) is 0 Å². The first kappa shape index (κ1) is 8.47. The average Bonchev–Trinajstić information content (AvgIpc) is 1.59. The van der Waals surface area contributed by atoms with Crippen LogP contribution in [0.3, 0.4) is 0 Å². The number of hydrogen-bond acceptors (Lipinski definition) is 2. The number of rotatable bonds is 1. The fraction of sp³-hybridized carbons (Fsp3) is 0.857. The summed E-state index contributed by atoms with van der Waals surface area (Å²) in [5.41, 5.74) is 4.16. The quantitative estimate of drug-likeness (QED) is 0.422. The normalized spacial score (nSPS) is 10.8. The van der Waals surface area contributed by atoms with Crippen LogP contribution in [0.25, 0.3) is 0 Å². The lowest BCUT2D eigenvalue weighted by molar-refractivity contribution is 0.441. The van der Waals surface area contributed by atoms with E-state index in [1.165, 1.54) is 0 Å². The van der Waals surface area contributed by atoms with Crippen LogP contribution in [0.5, 0.6) is 0 Å². The first-order chi connectivity index (χ1) is 3.92. The van der Waals surface area contributed by atoms with Gasteiger partial charge in [0.15, 0.2) is 0 Å². The third-order valence-corrected chi connectivity index (χ3v) is 0.615. The first-order valence-corrected chi connectivity index (χ1v) is 3.20. The molecule has 0 bridgehead atoms. The fourth-order valence-electron chi connectivity index (χ4n) is 0.280. The van der Waals surface area contributed by atoms with Crippen LogP contribution in [0.15, 0.2) is 5.10 Å². The molecular formula is C7H16N2. The van der Waals surface area contributed by atoms with Crippen LogP contribution in [-0.2, 0) is 0 Å². The summed E-state index contributed by atoms with van der Waals surface area (Å²) in [6, 6.07) is 0. The minimum atomic E-state index is 0.0945. The molecule has 2 heteroatoms. The van der Waals surface area contributed by atoms with Crippen molar-refractivity contribution in [1.82, 2.24) is 5.43 Å². The molecule has 0 fully saturated rings. The van der Waals surface area contributed by atoms with Gasteiger partial charge in [-0.1, -0.05) is 0 Å². The molecule has 9 heavy (non-hydrogen) atoms. The van der Waals surface area contributed by atoms with Gasteiger partial charge in [-0.15, -0.1) is 0 Å². The van der Waals surface area contributed by atoms with Crippen LogP contribution in [0.2, 0.25) is 0 Å². The van der Waals surface area contributed by atoms with Crippen LogP contribution >= 0.6 is 0 Å². The zero-order valence-electron chi connectivity index (χ0n) is 6.95. The molecule has 0 saturated heterocycles. The van der Waals surface area contributed by atoms with E-state index in [9.17, 15) is 0 Å². The highest BCUT2D eigenvalue weighted by atomic mass is 15.3. The number of hydrazone groups is 1. The molecule has 0 spiro atoms. The van der Waals surface area contributed by atoms with Crippen molar-refractivity contribution >= 4 is 5.71 Å². The highest BCUT2D eigenvalue weighted by Gasteiger charge is 2.05. The Labute approximate surface area is 57.3 Å². The molecule has 0 aromatic carbocycles. The van der Waals surface area contributed by atoms with Crippen molar-refractivity contribution < 1.29 is 0 Å². The number of nitrogens with zero attached hydrogens (tertiary/aromatic N) is 1. The van der Waals surface area contributed by atoms with Gasteiger partial charge in [-0.2, -0.15) is 5.10 Å². The Hall–Kier alpha value is -0.530. The molecular weight excluding hydrogens is 112 g/mol. The standard InChI is InChI=1S/C7H16N2/c1-6(2)8-9-7(3,4)5/h9H,1-5H3. The largest absolute Gasteiger partial charge is 0.305 e. The maximum Gasteiger partial charge on any atom is 0.0464 e. The van der Waals surface area contributed by atoms with E-state index in [1.54, 1.807) is 0 Å². The first-order valence-electron chi connectivity index (χ1n) is 3.20. The van der Waals surface area contributed by atoms with E-state index in [-0.39, 0.29) is 5.54 Å². The molecule has 0 radical (unpaired) electrons. The van der Waals surface area contributed by atoms with Gasteiger partial charge < -0.3 is 5.43 Å².